The third-order valence-corrected chi connectivity index (χ3v) is 12.7. The van der Waals surface area contributed by atoms with E-state index in [1.165, 1.54) is 17.3 Å². The molecule has 4 nitrogen and oxygen atoms in total. The molecule has 0 spiro atoms. The standard InChI is InChI=1S/C34H32NO3PS/c1-3-30-31(40-24-23-26-21-19-25(2)20-22-26)32(36)35(30)33(34(37)38)39(27-13-7-4-8-14-27,28-15-9-5-10-16-28)29-17-11-6-12-18-29/h4-24,30-31H,3H2,1-2H3,(H,37,38)/t30-,31+/m1/s1. The van der Waals surface area contributed by atoms with Gasteiger partial charge >= 0.3 is 5.97 Å². The number of hydrogen-bond donors (Lipinski definition) is 1. The van der Waals surface area contributed by atoms with Gasteiger partial charge in [-0.15, -0.1) is 11.8 Å². The third kappa shape index (κ3) is 5.08. The number of carboxylic acid groups (broad SMARTS) is 1. The number of nitrogens with zero attached hydrogens (tertiary/aromatic N) is 1. The number of thioether (sulfide) groups is 1. The van der Waals surface area contributed by atoms with Crippen molar-refractivity contribution >= 4 is 57.9 Å². The average Bonchev–Trinajstić information content (AvgIpc) is 2.99. The highest BCUT2D eigenvalue weighted by Crippen LogP contribution is 2.49. The highest BCUT2D eigenvalue weighted by molar-refractivity contribution is 8.03. The Bertz CT molecular complexity index is 1460. The molecule has 1 aliphatic rings. The fourth-order valence-corrected chi connectivity index (χ4v) is 10.9. The van der Waals surface area contributed by atoms with Gasteiger partial charge in [-0.05, 0) is 46.3 Å². The molecule has 4 aromatic carbocycles. The smallest absolute Gasteiger partial charge is 0.353 e. The fourth-order valence-electron chi connectivity index (χ4n) is 5.38. The zero-order valence-electron chi connectivity index (χ0n) is 22.6. The van der Waals surface area contributed by atoms with Gasteiger partial charge < -0.3 is 5.11 Å². The van der Waals surface area contributed by atoms with E-state index in [-0.39, 0.29) is 22.6 Å². The summed E-state index contributed by atoms with van der Waals surface area (Å²) in [5.41, 5.74) is 2.43. The van der Waals surface area contributed by atoms with Crippen molar-refractivity contribution in [1.82, 2.24) is 4.90 Å². The van der Waals surface area contributed by atoms with Gasteiger partial charge in [0.2, 0.25) is 5.91 Å². The topological polar surface area (TPSA) is 57.6 Å². The molecule has 0 unspecified atom stereocenters. The van der Waals surface area contributed by atoms with Gasteiger partial charge in [0.1, 0.15) is 10.7 Å². The number of carbonyl (C=O) groups is 2. The molecule has 0 bridgehead atoms. The summed E-state index contributed by atoms with van der Waals surface area (Å²) in [4.78, 5) is 28.9. The number of aliphatic carboxylic acids is 1. The van der Waals surface area contributed by atoms with Crippen LogP contribution in [0.4, 0.5) is 0 Å². The number of aryl methyl sites for hydroxylation is 1. The van der Waals surface area contributed by atoms with Gasteiger partial charge in [-0.3, -0.25) is 9.69 Å². The van der Waals surface area contributed by atoms with Crippen LogP contribution in [-0.2, 0) is 9.59 Å². The Balaban J connectivity index is 1.68. The summed E-state index contributed by atoms with van der Waals surface area (Å²) in [5, 5.41) is 15.3. The molecule has 2 atom stereocenters. The lowest BCUT2D eigenvalue weighted by molar-refractivity contribution is -0.141. The van der Waals surface area contributed by atoms with Crippen molar-refractivity contribution in [2.75, 3.05) is 0 Å². The number of amides is 1. The van der Waals surface area contributed by atoms with Crippen molar-refractivity contribution in [3.05, 3.63) is 132 Å². The van der Waals surface area contributed by atoms with E-state index in [9.17, 15) is 14.7 Å². The zero-order valence-corrected chi connectivity index (χ0v) is 24.3. The second-order valence-corrected chi connectivity index (χ2v) is 14.1. The van der Waals surface area contributed by atoms with E-state index in [4.69, 9.17) is 0 Å². The first-order valence-corrected chi connectivity index (χ1v) is 16.1. The first-order valence-electron chi connectivity index (χ1n) is 13.4. The maximum absolute atomic E-state index is 13.9. The molecule has 0 aromatic heterocycles. The van der Waals surface area contributed by atoms with Gasteiger partial charge in [-0.2, -0.15) is 0 Å². The van der Waals surface area contributed by atoms with E-state index >= 15 is 0 Å². The monoisotopic (exact) mass is 565 g/mol. The van der Waals surface area contributed by atoms with Crippen LogP contribution in [0.1, 0.15) is 24.5 Å². The molecule has 1 fully saturated rings. The van der Waals surface area contributed by atoms with Crippen molar-refractivity contribution in [2.24, 2.45) is 0 Å². The summed E-state index contributed by atoms with van der Waals surface area (Å²) in [6, 6.07) is 37.4. The Hall–Kier alpha value is -3.79. The molecule has 6 heteroatoms. The molecule has 4 aromatic rings. The average molecular weight is 566 g/mol. The molecular weight excluding hydrogens is 533 g/mol. The lowest BCUT2D eigenvalue weighted by Crippen LogP contribution is -2.67. The first-order chi connectivity index (χ1) is 19.5. The van der Waals surface area contributed by atoms with E-state index in [0.717, 1.165) is 21.5 Å². The first kappa shape index (κ1) is 27.8. The van der Waals surface area contributed by atoms with Crippen LogP contribution in [0.2, 0.25) is 0 Å². The zero-order chi connectivity index (χ0) is 28.1. The molecule has 1 saturated heterocycles. The number of β-lactam (4-membered cyclic amide) rings is 1. The maximum Gasteiger partial charge on any atom is 0.353 e. The second-order valence-electron chi connectivity index (χ2n) is 9.76. The predicted molar refractivity (Wildman–Crippen MR) is 170 cm³/mol. The minimum Gasteiger partial charge on any atom is -0.477 e. The molecule has 0 saturated carbocycles. The normalized spacial score (nSPS) is 17.1. The highest BCUT2D eigenvalue weighted by Gasteiger charge is 2.52. The van der Waals surface area contributed by atoms with Crippen LogP contribution in [0.25, 0.3) is 6.08 Å². The molecule has 1 aliphatic heterocycles. The predicted octanol–water partition coefficient (Wildman–Crippen LogP) is 5.90. The van der Waals surface area contributed by atoms with Crippen LogP contribution in [-0.4, -0.2) is 38.6 Å². The second kappa shape index (κ2) is 12.2. The number of carbonyl (C=O) groups excluding carboxylic acids is 1. The summed E-state index contributed by atoms with van der Waals surface area (Å²) in [7, 11) is 0. The molecule has 1 amide bonds. The minimum atomic E-state index is -2.94. The van der Waals surface area contributed by atoms with E-state index in [1.54, 1.807) is 4.90 Å². The van der Waals surface area contributed by atoms with Crippen molar-refractivity contribution in [1.29, 1.82) is 0 Å². The molecule has 202 valence electrons. The van der Waals surface area contributed by atoms with Crippen molar-refractivity contribution < 1.29 is 14.7 Å². The quantitative estimate of drug-likeness (QED) is 0.203. The SMILES string of the molecule is CC[C@@H]1[C@H](SC=Cc2ccc(C)cc2)C(=O)N1C(C(=O)O)=P(c1ccccc1)(c1ccccc1)c1ccccc1. The molecule has 1 heterocycles. The Morgan fingerprint density at radius 2 is 1.30 bits per heavy atom. The lowest BCUT2D eigenvalue weighted by Gasteiger charge is -2.48. The third-order valence-electron chi connectivity index (χ3n) is 7.31. The highest BCUT2D eigenvalue weighted by atomic mass is 32.2. The van der Waals surface area contributed by atoms with E-state index < -0.39 is 12.9 Å². The number of carboxylic acids is 1. The van der Waals surface area contributed by atoms with Crippen LogP contribution >= 0.6 is 18.6 Å². The number of likely N-dealkylation sites (tertiary alicyclic amines) is 1. The van der Waals surface area contributed by atoms with Crippen molar-refractivity contribution in [3.8, 4) is 0 Å². The number of rotatable bonds is 9. The minimum absolute atomic E-state index is 0.157. The molecular formula is C34H32NO3PS. The number of benzene rings is 4. The number of hydrogen-bond acceptors (Lipinski definition) is 3. The van der Waals surface area contributed by atoms with Crippen molar-refractivity contribution in [3.63, 3.8) is 0 Å². The van der Waals surface area contributed by atoms with Gasteiger partial charge in [0, 0.05) is 6.89 Å². The molecule has 0 radical (unpaired) electrons. The van der Waals surface area contributed by atoms with Gasteiger partial charge in [0.15, 0.2) is 0 Å². The van der Waals surface area contributed by atoms with Gasteiger partial charge in [-0.25, -0.2) is 4.79 Å². The van der Waals surface area contributed by atoms with Gasteiger partial charge in [-0.1, -0.05) is 128 Å². The van der Waals surface area contributed by atoms with E-state index in [2.05, 4.69) is 19.1 Å². The summed E-state index contributed by atoms with van der Waals surface area (Å²) in [6.45, 7) is 1.13. The molecule has 5 rings (SSSR count). The molecule has 0 aliphatic carbocycles. The largest absolute Gasteiger partial charge is 0.477 e. The van der Waals surface area contributed by atoms with Crippen LogP contribution in [0.3, 0.4) is 0 Å². The van der Waals surface area contributed by atoms with Crippen LogP contribution in [0.15, 0.2) is 121 Å². The fraction of sp³-hybridized carbons (Fsp3) is 0.147. The summed E-state index contributed by atoms with van der Waals surface area (Å²) in [6.07, 6.45) is 2.65. The lowest BCUT2D eigenvalue weighted by atomic mass is 9.99. The molecule has 1 N–H and O–H groups in total. The van der Waals surface area contributed by atoms with Gasteiger partial charge in [0.05, 0.1) is 6.04 Å². The Morgan fingerprint density at radius 3 is 1.73 bits per heavy atom. The molecule has 40 heavy (non-hydrogen) atoms. The van der Waals surface area contributed by atoms with Crippen molar-refractivity contribution in [2.45, 2.75) is 31.6 Å². The van der Waals surface area contributed by atoms with Crippen LogP contribution < -0.4 is 15.9 Å². The Morgan fingerprint density at radius 1 is 0.825 bits per heavy atom. The summed E-state index contributed by atoms with van der Waals surface area (Å²) in [5.74, 6) is -1.22. The summed E-state index contributed by atoms with van der Waals surface area (Å²) >= 11 is 1.47. The maximum atomic E-state index is 13.9. The Kier molecular flexibility index (Phi) is 8.44. The summed E-state index contributed by atoms with van der Waals surface area (Å²) < 4.78 is 0. The van der Waals surface area contributed by atoms with Gasteiger partial charge in [0.25, 0.3) is 0 Å². The van der Waals surface area contributed by atoms with Crippen LogP contribution in [0.5, 0.6) is 0 Å². The van der Waals surface area contributed by atoms with E-state index in [1.807, 2.05) is 122 Å². The van der Waals surface area contributed by atoms with Crippen LogP contribution in [0, 0.1) is 6.92 Å². The Labute approximate surface area is 240 Å². The van der Waals surface area contributed by atoms with E-state index in [0.29, 0.717) is 6.42 Å².